The van der Waals surface area contributed by atoms with Crippen molar-refractivity contribution in [1.29, 1.82) is 0 Å². The molecule has 0 atom stereocenters. The van der Waals surface area contributed by atoms with E-state index in [1.54, 1.807) is 54.6 Å². The van der Waals surface area contributed by atoms with Crippen LogP contribution in [0.4, 0.5) is 0 Å². The molecule has 0 saturated heterocycles. The minimum Gasteiger partial charge on any atom is -0.455 e. The summed E-state index contributed by atoms with van der Waals surface area (Å²) in [7, 11) is 0. The highest BCUT2D eigenvalue weighted by Gasteiger charge is 2.29. The fourth-order valence-corrected chi connectivity index (χ4v) is 3.04. The maximum atomic E-state index is 12.8. The van der Waals surface area contributed by atoms with Crippen LogP contribution < -0.4 is 11.2 Å². The van der Waals surface area contributed by atoms with E-state index in [9.17, 15) is 9.59 Å². The van der Waals surface area contributed by atoms with Gasteiger partial charge in [-0.1, -0.05) is 30.3 Å². The largest absolute Gasteiger partial charge is 0.455 e. The number of hydrogen-bond donors (Lipinski definition) is 2. The molecule has 6 nitrogen and oxygen atoms in total. The van der Waals surface area contributed by atoms with Gasteiger partial charge in [0.05, 0.1) is 6.21 Å². The molecule has 132 valence electrons. The summed E-state index contributed by atoms with van der Waals surface area (Å²) in [4.78, 5) is 25.5. The van der Waals surface area contributed by atoms with Crippen molar-refractivity contribution in [2.45, 2.75) is 0 Å². The maximum Gasteiger partial charge on any atom is 0.194 e. The number of carbonyl (C=O) groups excluding carboxylic acids is 2. The first-order valence-corrected chi connectivity index (χ1v) is 8.46. The smallest absolute Gasteiger partial charge is 0.194 e. The number of nitrogens with zero attached hydrogens (tertiary/aromatic N) is 1. The van der Waals surface area contributed by atoms with Gasteiger partial charge in [0.15, 0.2) is 16.7 Å². The molecule has 0 radical (unpaired) electrons. The molecule has 1 aliphatic rings. The number of thiocarbonyl (C=S) groups is 1. The molecule has 1 heterocycles. The maximum absolute atomic E-state index is 12.8. The van der Waals surface area contributed by atoms with Crippen LogP contribution in [-0.4, -0.2) is 22.9 Å². The van der Waals surface area contributed by atoms with E-state index in [4.69, 9.17) is 10.2 Å². The van der Waals surface area contributed by atoms with Gasteiger partial charge in [0.1, 0.15) is 11.5 Å². The van der Waals surface area contributed by atoms with Crippen LogP contribution in [0, 0.1) is 0 Å². The fourth-order valence-electron chi connectivity index (χ4n) is 2.99. The summed E-state index contributed by atoms with van der Waals surface area (Å²) < 4.78 is 5.70. The molecule has 2 aromatic carbocycles. The van der Waals surface area contributed by atoms with Crippen LogP contribution in [-0.2, 0) is 0 Å². The first kappa shape index (κ1) is 16.9. The van der Waals surface area contributed by atoms with E-state index in [0.717, 1.165) is 0 Å². The van der Waals surface area contributed by atoms with Crippen LogP contribution in [0.15, 0.2) is 64.1 Å². The molecule has 1 aromatic heterocycles. The minimum absolute atomic E-state index is 0.0520. The zero-order valence-corrected chi connectivity index (χ0v) is 14.7. The van der Waals surface area contributed by atoms with Gasteiger partial charge in [0.25, 0.3) is 0 Å². The molecule has 4 rings (SSSR count). The van der Waals surface area contributed by atoms with Crippen molar-refractivity contribution < 1.29 is 14.0 Å². The third-order valence-corrected chi connectivity index (χ3v) is 4.29. The average Bonchev–Trinajstić information content (AvgIpc) is 3.14. The van der Waals surface area contributed by atoms with E-state index in [-0.39, 0.29) is 16.7 Å². The molecule has 7 heteroatoms. The average molecular weight is 375 g/mol. The first-order chi connectivity index (χ1) is 13.0. The van der Waals surface area contributed by atoms with Gasteiger partial charge in [-0.25, -0.2) is 0 Å². The predicted molar refractivity (Wildman–Crippen MR) is 105 cm³/mol. The van der Waals surface area contributed by atoms with Crippen LogP contribution in [0.2, 0.25) is 0 Å². The standard InChI is InChI=1S/C20H13N3O3S/c21-20(27)23-22-10-12-6-8-17(26-12)11-5-7-15-16(9-11)19(25)14-4-2-1-3-13(14)18(15)24/h1-10H,(H3,21,23,27). The Morgan fingerprint density at radius 2 is 1.63 bits per heavy atom. The lowest BCUT2D eigenvalue weighted by Gasteiger charge is -2.17. The second-order valence-electron chi connectivity index (χ2n) is 5.90. The topological polar surface area (TPSA) is 97.7 Å². The number of nitrogens with two attached hydrogens (primary N) is 1. The molecule has 0 saturated carbocycles. The Labute approximate surface area is 159 Å². The molecule has 0 amide bonds. The van der Waals surface area contributed by atoms with Crippen molar-refractivity contribution in [2.24, 2.45) is 10.8 Å². The first-order valence-electron chi connectivity index (χ1n) is 8.06. The van der Waals surface area contributed by atoms with Crippen LogP contribution in [0.5, 0.6) is 0 Å². The Balaban J connectivity index is 1.69. The number of hydrogen-bond acceptors (Lipinski definition) is 5. The van der Waals surface area contributed by atoms with Crippen molar-refractivity contribution in [1.82, 2.24) is 5.43 Å². The summed E-state index contributed by atoms with van der Waals surface area (Å²) in [6.07, 6.45) is 1.44. The second-order valence-corrected chi connectivity index (χ2v) is 6.34. The van der Waals surface area contributed by atoms with Gasteiger partial charge in [-0.3, -0.25) is 15.0 Å². The van der Waals surface area contributed by atoms with Crippen molar-refractivity contribution >= 4 is 35.1 Å². The van der Waals surface area contributed by atoms with Crippen molar-refractivity contribution in [2.75, 3.05) is 0 Å². The quantitative estimate of drug-likeness (QED) is 0.325. The van der Waals surface area contributed by atoms with E-state index >= 15 is 0 Å². The zero-order chi connectivity index (χ0) is 19.0. The van der Waals surface area contributed by atoms with Crippen molar-refractivity contribution in [3.63, 3.8) is 0 Å². The summed E-state index contributed by atoms with van der Waals surface area (Å²) in [5.41, 5.74) is 10.1. The van der Waals surface area contributed by atoms with Gasteiger partial charge in [-0.15, -0.1) is 0 Å². The van der Waals surface area contributed by atoms with E-state index < -0.39 is 0 Å². The second kappa shape index (κ2) is 6.62. The number of hydrazone groups is 1. The molecule has 0 spiro atoms. The predicted octanol–water partition coefficient (Wildman–Crippen LogP) is 2.89. The molecule has 0 fully saturated rings. The number of benzene rings is 2. The van der Waals surface area contributed by atoms with E-state index in [1.807, 2.05) is 0 Å². The molecule has 27 heavy (non-hydrogen) atoms. The molecular formula is C20H13N3O3S. The number of rotatable bonds is 3. The van der Waals surface area contributed by atoms with E-state index in [2.05, 4.69) is 22.7 Å². The van der Waals surface area contributed by atoms with Crippen LogP contribution in [0.3, 0.4) is 0 Å². The third kappa shape index (κ3) is 3.04. The van der Waals surface area contributed by atoms with E-state index in [1.165, 1.54) is 6.21 Å². The number of nitrogens with one attached hydrogen (secondary N) is 1. The Kier molecular flexibility index (Phi) is 4.13. The highest BCUT2D eigenvalue weighted by atomic mass is 32.1. The van der Waals surface area contributed by atoms with Crippen molar-refractivity contribution in [3.05, 3.63) is 82.6 Å². The van der Waals surface area contributed by atoms with E-state index in [0.29, 0.717) is 39.3 Å². The lowest BCUT2D eigenvalue weighted by atomic mass is 9.83. The molecule has 3 aromatic rings. The summed E-state index contributed by atoms with van der Waals surface area (Å²) in [6.45, 7) is 0. The number of ketones is 2. The lowest BCUT2D eigenvalue weighted by Crippen LogP contribution is -2.23. The van der Waals surface area contributed by atoms with Gasteiger partial charge >= 0.3 is 0 Å². The third-order valence-electron chi connectivity index (χ3n) is 4.20. The van der Waals surface area contributed by atoms with Crippen molar-refractivity contribution in [3.8, 4) is 11.3 Å². The normalized spacial score (nSPS) is 12.7. The zero-order valence-electron chi connectivity index (χ0n) is 13.9. The summed E-state index contributed by atoms with van der Waals surface area (Å²) in [5, 5.41) is 3.88. The van der Waals surface area contributed by atoms with Gasteiger partial charge in [0.2, 0.25) is 0 Å². The Morgan fingerprint density at radius 3 is 2.33 bits per heavy atom. The Bertz CT molecular complexity index is 1130. The van der Waals surface area contributed by atoms with Gasteiger partial charge in [-0.05, 0) is 36.5 Å². The minimum atomic E-state index is -0.170. The number of furan rings is 1. The number of carbonyl (C=O) groups is 2. The Morgan fingerprint density at radius 1 is 0.963 bits per heavy atom. The molecule has 0 bridgehead atoms. The highest BCUT2D eigenvalue weighted by Crippen LogP contribution is 2.31. The number of fused-ring (bicyclic) bond motifs is 2. The molecule has 0 aliphatic heterocycles. The van der Waals surface area contributed by atoms with Crippen LogP contribution in [0.25, 0.3) is 11.3 Å². The summed E-state index contributed by atoms with van der Waals surface area (Å²) >= 11 is 4.66. The summed E-state index contributed by atoms with van der Waals surface area (Å²) in [6, 6.07) is 15.4. The molecular weight excluding hydrogens is 362 g/mol. The molecule has 3 N–H and O–H groups in total. The van der Waals surface area contributed by atoms with Gasteiger partial charge in [0, 0.05) is 27.8 Å². The SMILES string of the molecule is NC(=S)NN=Cc1ccc(-c2ccc3c(c2)C(=O)c2ccccc2C3=O)o1. The molecule has 0 unspecified atom stereocenters. The highest BCUT2D eigenvalue weighted by molar-refractivity contribution is 7.80. The Hall–Kier alpha value is -3.58. The summed E-state index contributed by atoms with van der Waals surface area (Å²) in [5.74, 6) is 0.715. The van der Waals surface area contributed by atoms with Crippen LogP contribution in [0.1, 0.15) is 37.6 Å². The molecule has 1 aliphatic carbocycles. The van der Waals surface area contributed by atoms with Crippen LogP contribution >= 0.6 is 12.2 Å². The van der Waals surface area contributed by atoms with Gasteiger partial charge < -0.3 is 10.2 Å². The monoisotopic (exact) mass is 375 g/mol. The lowest BCUT2D eigenvalue weighted by molar-refractivity contribution is 0.0979. The van der Waals surface area contributed by atoms with Gasteiger partial charge in [-0.2, -0.15) is 5.10 Å². The fraction of sp³-hybridized carbons (Fsp3) is 0.